The lowest BCUT2D eigenvalue weighted by atomic mass is 9.96. The van der Waals surface area contributed by atoms with Crippen LogP contribution in [0.3, 0.4) is 0 Å². The smallest absolute Gasteiger partial charge is 0.462 e. The molecule has 0 aromatic heterocycles. The second kappa shape index (κ2) is 36.7. The Balaban J connectivity index is 2.85. The Labute approximate surface area is 368 Å². The first-order chi connectivity index (χ1) is 29.3. The fourth-order valence-corrected chi connectivity index (χ4v) is 8.57. The van der Waals surface area contributed by atoms with Gasteiger partial charge in [0.2, 0.25) is 5.91 Å². The number of ether oxygens (including phenoxy) is 3. The molecule has 3 unspecified atom stereocenters. The minimum atomic E-state index is -5.28. The maximum atomic E-state index is 13.6. The Morgan fingerprint density at radius 2 is 1.07 bits per heavy atom. The van der Waals surface area contributed by atoms with Crippen molar-refractivity contribution >= 4 is 25.7 Å². The predicted octanol–water partition coefficient (Wildman–Crippen LogP) is 9.39. The molecule has 1 amide bonds. The maximum absolute atomic E-state index is 13.6. The van der Waals surface area contributed by atoms with Gasteiger partial charge in [0.25, 0.3) is 0 Å². The molecule has 1 heterocycles. The largest absolute Gasteiger partial charge is 0.470 e. The molecule has 0 aromatic rings. The van der Waals surface area contributed by atoms with E-state index < -0.39 is 81.5 Å². The number of aliphatic hydroxyl groups is 3. The molecule has 1 rings (SSSR count). The van der Waals surface area contributed by atoms with Crippen molar-refractivity contribution in [3.05, 3.63) is 0 Å². The van der Waals surface area contributed by atoms with E-state index in [1.54, 1.807) is 0 Å². The summed E-state index contributed by atoms with van der Waals surface area (Å²) < 4.78 is 33.9. The number of carbonyl (C=O) groups is 3. The first-order valence-corrected chi connectivity index (χ1v) is 25.9. The summed E-state index contributed by atoms with van der Waals surface area (Å²) in [6, 6.07) is -1.58. The molecule has 1 aliphatic rings. The van der Waals surface area contributed by atoms with Crippen LogP contribution >= 0.6 is 7.82 Å². The number of hydrogen-bond donors (Lipinski definition) is 6. The Morgan fingerprint density at radius 1 is 0.623 bits per heavy atom. The van der Waals surface area contributed by atoms with Crippen molar-refractivity contribution in [2.45, 2.75) is 269 Å². The van der Waals surface area contributed by atoms with E-state index in [9.17, 15) is 44.1 Å². The van der Waals surface area contributed by atoms with Gasteiger partial charge in [0.15, 0.2) is 12.4 Å². The lowest BCUT2D eigenvalue weighted by Crippen LogP contribution is -2.65. The Morgan fingerprint density at radius 3 is 1.52 bits per heavy atom. The van der Waals surface area contributed by atoms with Crippen LogP contribution in [0.15, 0.2) is 0 Å². The van der Waals surface area contributed by atoms with Gasteiger partial charge < -0.3 is 44.6 Å². The van der Waals surface area contributed by atoms with Gasteiger partial charge in [-0.25, -0.2) is 4.57 Å². The fourth-order valence-electron chi connectivity index (χ4n) is 7.99. The van der Waals surface area contributed by atoms with E-state index in [1.807, 2.05) is 0 Å². The summed E-state index contributed by atoms with van der Waals surface area (Å²) >= 11 is 0. The maximum Gasteiger partial charge on any atom is 0.470 e. The minimum absolute atomic E-state index is 0.209. The molecule has 0 aliphatic carbocycles. The van der Waals surface area contributed by atoms with Gasteiger partial charge in [-0.3, -0.25) is 18.9 Å². The number of amides is 1. The molecule has 1 saturated heterocycles. The fraction of sp³-hybridized carbons (Fsp3) is 0.935. The van der Waals surface area contributed by atoms with Gasteiger partial charge in [-0.05, 0) is 25.7 Å². The van der Waals surface area contributed by atoms with E-state index in [0.717, 1.165) is 70.6 Å². The normalized spacial score (nSPS) is 20.3. The highest BCUT2D eigenvalue weighted by Gasteiger charge is 2.51. The van der Waals surface area contributed by atoms with E-state index in [0.29, 0.717) is 25.7 Å². The van der Waals surface area contributed by atoms with Crippen LogP contribution in [-0.2, 0) is 37.7 Å². The predicted molar refractivity (Wildman–Crippen MR) is 237 cm³/mol. The molecule has 15 heteroatoms. The van der Waals surface area contributed by atoms with Crippen molar-refractivity contribution in [2.24, 2.45) is 0 Å². The van der Waals surface area contributed by atoms with Gasteiger partial charge in [0, 0.05) is 6.42 Å². The standard InChI is InChI=1S/C46H88NO13P/c1-4-7-10-13-15-17-18-19-20-22-24-27-30-33-41(51)57-38(32-29-25-12-9-6-3)35-42(52)59-45-43(46(53)58-39(36-48)44(45)60-61(54,55)56)47-40(50)34-37(49)31-28-26-23-21-16-14-11-8-5-2/h37-39,43-46,48-49,53H,4-36H2,1-3H3,(H,47,50)(H2,54,55,56)/t37?,38?,39-,43-,44-,45-,46?/m1/s1. The van der Waals surface area contributed by atoms with E-state index in [2.05, 4.69) is 26.1 Å². The Hall–Kier alpha value is -1.64. The monoisotopic (exact) mass is 894 g/mol. The van der Waals surface area contributed by atoms with Crippen molar-refractivity contribution in [2.75, 3.05) is 6.61 Å². The quantitative estimate of drug-likeness (QED) is 0.0192. The molecule has 1 aliphatic heterocycles. The van der Waals surface area contributed by atoms with Crippen LogP contribution in [0.5, 0.6) is 0 Å². The molecule has 360 valence electrons. The molecule has 14 nitrogen and oxygen atoms in total. The summed E-state index contributed by atoms with van der Waals surface area (Å²) in [6.45, 7) is 5.65. The lowest BCUT2D eigenvalue weighted by Gasteiger charge is -2.43. The number of rotatable bonds is 40. The third-order valence-electron chi connectivity index (χ3n) is 11.6. The number of hydrogen-bond acceptors (Lipinski definition) is 11. The van der Waals surface area contributed by atoms with Crippen molar-refractivity contribution in [3.8, 4) is 0 Å². The molecule has 0 bridgehead atoms. The number of esters is 2. The Bertz CT molecular complexity index is 1160. The van der Waals surface area contributed by atoms with Gasteiger partial charge >= 0.3 is 19.8 Å². The summed E-state index contributed by atoms with van der Waals surface area (Å²) in [6.07, 6.45) is 21.3. The van der Waals surface area contributed by atoms with E-state index in [4.69, 9.17) is 18.7 Å². The summed E-state index contributed by atoms with van der Waals surface area (Å²) in [5.74, 6) is -2.07. The van der Waals surface area contributed by atoms with Crippen LogP contribution in [-0.4, -0.2) is 92.4 Å². The molecular formula is C46H88NO13P. The number of unbranched alkanes of at least 4 members (excludes halogenated alkanes) is 24. The zero-order valence-electron chi connectivity index (χ0n) is 38.3. The molecule has 0 aromatic carbocycles. The van der Waals surface area contributed by atoms with Gasteiger partial charge in [-0.2, -0.15) is 0 Å². The van der Waals surface area contributed by atoms with Crippen LogP contribution < -0.4 is 5.32 Å². The highest BCUT2D eigenvalue weighted by atomic mass is 31.2. The third-order valence-corrected chi connectivity index (χ3v) is 12.1. The van der Waals surface area contributed by atoms with Crippen molar-refractivity contribution in [1.82, 2.24) is 5.32 Å². The first kappa shape index (κ1) is 57.4. The second-order valence-electron chi connectivity index (χ2n) is 17.3. The molecule has 0 spiro atoms. The first-order valence-electron chi connectivity index (χ1n) is 24.4. The molecule has 1 fully saturated rings. The highest BCUT2D eigenvalue weighted by molar-refractivity contribution is 7.46. The molecule has 6 N–H and O–H groups in total. The summed E-state index contributed by atoms with van der Waals surface area (Å²) in [4.78, 5) is 59.2. The van der Waals surface area contributed by atoms with Gasteiger partial charge in [0.1, 0.15) is 24.4 Å². The average molecular weight is 894 g/mol. The SMILES string of the molecule is CCCCCCCCCCCCCCCC(=O)OC(CCCCCCC)CC(=O)O[C@H]1[C@H](OP(=O)(O)O)[C@@H](CO)OC(O)[C@@H]1NC(=O)CC(O)CCCCCCCCCCC. The third kappa shape index (κ3) is 30.2. The van der Waals surface area contributed by atoms with Gasteiger partial charge in [-0.1, -0.05) is 181 Å². The number of phosphoric acid groups is 1. The number of nitrogens with one attached hydrogen (secondary N) is 1. The van der Waals surface area contributed by atoms with Crippen LogP contribution in [0.1, 0.15) is 226 Å². The van der Waals surface area contributed by atoms with Crippen LogP contribution in [0.4, 0.5) is 0 Å². The summed E-state index contributed by atoms with van der Waals surface area (Å²) in [7, 11) is -5.28. The molecule has 7 atom stereocenters. The van der Waals surface area contributed by atoms with E-state index in [-0.39, 0.29) is 12.8 Å². The van der Waals surface area contributed by atoms with Crippen molar-refractivity contribution in [1.29, 1.82) is 0 Å². The van der Waals surface area contributed by atoms with Crippen molar-refractivity contribution in [3.63, 3.8) is 0 Å². The molecule has 61 heavy (non-hydrogen) atoms. The zero-order chi connectivity index (χ0) is 45.1. The van der Waals surface area contributed by atoms with Crippen LogP contribution in [0.25, 0.3) is 0 Å². The van der Waals surface area contributed by atoms with E-state index in [1.165, 1.54) is 89.9 Å². The van der Waals surface area contributed by atoms with Gasteiger partial charge in [0.05, 0.1) is 25.6 Å². The summed E-state index contributed by atoms with van der Waals surface area (Å²) in [5.41, 5.74) is 0. The van der Waals surface area contributed by atoms with E-state index >= 15 is 0 Å². The number of phosphoric ester groups is 1. The summed E-state index contributed by atoms with van der Waals surface area (Å²) in [5, 5.41) is 34.0. The average Bonchev–Trinajstić information content (AvgIpc) is 3.20. The topological polar surface area (TPSA) is 218 Å². The lowest BCUT2D eigenvalue weighted by molar-refractivity contribution is -0.256. The Kier molecular flexibility index (Phi) is 34.5. The number of aliphatic hydroxyl groups excluding tert-OH is 3. The highest BCUT2D eigenvalue weighted by Crippen LogP contribution is 2.42. The van der Waals surface area contributed by atoms with Crippen LogP contribution in [0.2, 0.25) is 0 Å². The zero-order valence-corrected chi connectivity index (χ0v) is 39.2. The molecule has 0 saturated carbocycles. The van der Waals surface area contributed by atoms with Gasteiger partial charge in [-0.15, -0.1) is 0 Å². The van der Waals surface area contributed by atoms with Crippen molar-refractivity contribution < 1.29 is 62.8 Å². The molecular weight excluding hydrogens is 805 g/mol. The second-order valence-corrected chi connectivity index (χ2v) is 18.5. The molecule has 0 radical (unpaired) electrons. The minimum Gasteiger partial charge on any atom is -0.462 e. The number of carbonyl (C=O) groups excluding carboxylic acids is 3. The van der Waals surface area contributed by atoms with Crippen LogP contribution in [0, 0.1) is 0 Å².